The Morgan fingerprint density at radius 2 is 1.59 bits per heavy atom. The Balaban J connectivity index is 1.48. The Hall–Kier alpha value is -2.90. The molecule has 7 heteroatoms. The van der Waals surface area contributed by atoms with Gasteiger partial charge in [0.15, 0.2) is 0 Å². The number of anilines is 1. The molecule has 27 heavy (non-hydrogen) atoms. The lowest BCUT2D eigenvalue weighted by Crippen LogP contribution is -2.35. The van der Waals surface area contributed by atoms with E-state index in [9.17, 15) is 9.59 Å². The summed E-state index contributed by atoms with van der Waals surface area (Å²) in [7, 11) is 0. The zero-order valence-electron chi connectivity index (χ0n) is 15.1. The molecule has 1 aliphatic heterocycles. The fraction of sp³-hybridized carbons (Fsp3) is 0.300. The number of nitrogens with two attached hydrogens (primary N) is 1. The van der Waals surface area contributed by atoms with Crippen LogP contribution in [-0.4, -0.2) is 43.1 Å². The van der Waals surface area contributed by atoms with Gasteiger partial charge in [-0.1, -0.05) is 24.3 Å². The third-order valence-electron chi connectivity index (χ3n) is 4.40. The number of primary amides is 1. The highest BCUT2D eigenvalue weighted by Gasteiger charge is 2.10. The summed E-state index contributed by atoms with van der Waals surface area (Å²) < 4.78 is 5.36. The third-order valence-corrected chi connectivity index (χ3v) is 4.40. The predicted molar refractivity (Wildman–Crippen MR) is 103 cm³/mol. The first-order chi connectivity index (χ1) is 13.1. The molecule has 1 fully saturated rings. The molecule has 4 N–H and O–H groups in total. The molecule has 2 aromatic rings. The molecular weight excluding hydrogens is 344 g/mol. The van der Waals surface area contributed by atoms with Gasteiger partial charge in [0.25, 0.3) is 5.91 Å². The maximum Gasteiger partial charge on any atom is 0.316 e. The number of rotatable bonds is 6. The molecule has 0 spiro atoms. The molecule has 142 valence electrons. The molecule has 1 saturated heterocycles. The van der Waals surface area contributed by atoms with Crippen LogP contribution in [0, 0.1) is 0 Å². The Kier molecular flexibility index (Phi) is 6.40. The highest BCUT2D eigenvalue weighted by atomic mass is 16.5. The SMILES string of the molecule is NC(=O)Nc1ccc(C(=O)NCc2ccc(CN3CCOCC3)cc2)cc1. The molecule has 0 unspecified atom stereocenters. The predicted octanol–water partition coefficient (Wildman–Crippen LogP) is 1.94. The number of amides is 3. The monoisotopic (exact) mass is 368 g/mol. The topological polar surface area (TPSA) is 96.7 Å². The molecular formula is C20H24N4O3. The number of morpholine rings is 1. The lowest BCUT2D eigenvalue weighted by molar-refractivity contribution is 0.0342. The first-order valence-electron chi connectivity index (χ1n) is 8.93. The lowest BCUT2D eigenvalue weighted by Gasteiger charge is -2.26. The zero-order chi connectivity index (χ0) is 19.1. The lowest BCUT2D eigenvalue weighted by atomic mass is 10.1. The quantitative estimate of drug-likeness (QED) is 0.726. The van der Waals surface area contributed by atoms with Gasteiger partial charge in [0, 0.05) is 37.4 Å². The third kappa shape index (κ3) is 5.80. The van der Waals surface area contributed by atoms with Crippen molar-refractivity contribution >= 4 is 17.6 Å². The number of benzene rings is 2. The van der Waals surface area contributed by atoms with Gasteiger partial charge in [-0.25, -0.2) is 4.79 Å². The van der Waals surface area contributed by atoms with Crippen molar-refractivity contribution in [2.24, 2.45) is 5.73 Å². The van der Waals surface area contributed by atoms with Crippen LogP contribution in [0.4, 0.5) is 10.5 Å². The molecule has 0 bridgehead atoms. The van der Waals surface area contributed by atoms with Crippen LogP contribution in [0.2, 0.25) is 0 Å². The Labute approximate surface area is 158 Å². The summed E-state index contributed by atoms with van der Waals surface area (Å²) in [6.45, 7) is 4.89. The van der Waals surface area contributed by atoms with Gasteiger partial charge in [0.05, 0.1) is 13.2 Å². The molecule has 0 aromatic heterocycles. The van der Waals surface area contributed by atoms with Crippen molar-refractivity contribution in [2.45, 2.75) is 13.1 Å². The minimum atomic E-state index is -0.635. The highest BCUT2D eigenvalue weighted by molar-refractivity contribution is 5.95. The van der Waals surface area contributed by atoms with E-state index in [4.69, 9.17) is 10.5 Å². The maximum absolute atomic E-state index is 12.2. The number of urea groups is 1. The molecule has 0 atom stereocenters. The maximum atomic E-state index is 12.2. The van der Waals surface area contributed by atoms with Gasteiger partial charge in [-0.2, -0.15) is 0 Å². The van der Waals surface area contributed by atoms with E-state index in [0.717, 1.165) is 38.4 Å². The second kappa shape index (κ2) is 9.16. The molecule has 3 rings (SSSR count). The molecule has 0 aliphatic carbocycles. The average Bonchev–Trinajstić information content (AvgIpc) is 2.68. The van der Waals surface area contributed by atoms with Gasteiger partial charge < -0.3 is 21.1 Å². The number of ether oxygens (including phenoxy) is 1. The molecule has 3 amide bonds. The molecule has 1 aliphatic rings. The molecule has 0 radical (unpaired) electrons. The van der Waals surface area contributed by atoms with E-state index in [2.05, 4.69) is 27.7 Å². The summed E-state index contributed by atoms with van der Waals surface area (Å²) in [5, 5.41) is 5.36. The minimum absolute atomic E-state index is 0.169. The highest BCUT2D eigenvalue weighted by Crippen LogP contribution is 2.11. The van der Waals surface area contributed by atoms with E-state index >= 15 is 0 Å². The van der Waals surface area contributed by atoms with Gasteiger partial charge in [-0.05, 0) is 35.4 Å². The summed E-state index contributed by atoms with van der Waals surface area (Å²) in [6.07, 6.45) is 0. The van der Waals surface area contributed by atoms with Crippen molar-refractivity contribution in [1.82, 2.24) is 10.2 Å². The second-order valence-electron chi connectivity index (χ2n) is 6.45. The molecule has 1 heterocycles. The normalized spacial score (nSPS) is 14.5. The summed E-state index contributed by atoms with van der Waals surface area (Å²) >= 11 is 0. The summed E-state index contributed by atoms with van der Waals surface area (Å²) in [6, 6.07) is 14.2. The molecule has 7 nitrogen and oxygen atoms in total. The number of carbonyl (C=O) groups excluding carboxylic acids is 2. The minimum Gasteiger partial charge on any atom is -0.379 e. The van der Waals surface area contributed by atoms with Crippen molar-refractivity contribution in [1.29, 1.82) is 0 Å². The summed E-state index contributed by atoms with van der Waals surface area (Å²) in [5.41, 5.74) is 8.43. The van der Waals surface area contributed by atoms with E-state index in [-0.39, 0.29) is 5.91 Å². The fourth-order valence-corrected chi connectivity index (χ4v) is 2.91. The van der Waals surface area contributed by atoms with Gasteiger partial charge in [0.1, 0.15) is 0 Å². The number of hydrogen-bond donors (Lipinski definition) is 3. The zero-order valence-corrected chi connectivity index (χ0v) is 15.1. The van der Waals surface area contributed by atoms with Crippen molar-refractivity contribution in [3.8, 4) is 0 Å². The van der Waals surface area contributed by atoms with E-state index in [1.54, 1.807) is 24.3 Å². The van der Waals surface area contributed by atoms with E-state index in [1.165, 1.54) is 5.56 Å². The second-order valence-corrected chi connectivity index (χ2v) is 6.45. The van der Waals surface area contributed by atoms with Gasteiger partial charge >= 0.3 is 6.03 Å². The van der Waals surface area contributed by atoms with Crippen LogP contribution in [0.15, 0.2) is 48.5 Å². The van der Waals surface area contributed by atoms with Crippen LogP contribution >= 0.6 is 0 Å². The van der Waals surface area contributed by atoms with Gasteiger partial charge in [-0.3, -0.25) is 9.69 Å². The number of nitrogens with zero attached hydrogens (tertiary/aromatic N) is 1. The number of carbonyl (C=O) groups is 2. The van der Waals surface area contributed by atoms with Crippen LogP contribution in [0.25, 0.3) is 0 Å². The van der Waals surface area contributed by atoms with Crippen molar-refractivity contribution in [3.05, 3.63) is 65.2 Å². The van der Waals surface area contributed by atoms with Crippen LogP contribution in [0.1, 0.15) is 21.5 Å². The van der Waals surface area contributed by atoms with E-state index < -0.39 is 6.03 Å². The largest absolute Gasteiger partial charge is 0.379 e. The first-order valence-corrected chi connectivity index (χ1v) is 8.93. The Morgan fingerprint density at radius 3 is 2.22 bits per heavy atom. The summed E-state index contributed by atoms with van der Waals surface area (Å²) in [5.74, 6) is -0.169. The average molecular weight is 368 g/mol. The van der Waals surface area contributed by atoms with Crippen LogP contribution in [0.5, 0.6) is 0 Å². The standard InChI is InChI=1S/C20H24N4O3/c21-20(26)23-18-7-5-17(6-8-18)19(25)22-13-15-1-3-16(4-2-15)14-24-9-11-27-12-10-24/h1-8H,9-14H2,(H,22,25)(H3,21,23,26). The Bertz CT molecular complexity index is 769. The van der Waals surface area contributed by atoms with Gasteiger partial charge in [-0.15, -0.1) is 0 Å². The van der Waals surface area contributed by atoms with Crippen LogP contribution < -0.4 is 16.4 Å². The molecule has 2 aromatic carbocycles. The molecule has 0 saturated carbocycles. The van der Waals surface area contributed by atoms with E-state index in [0.29, 0.717) is 17.8 Å². The van der Waals surface area contributed by atoms with Gasteiger partial charge in [0.2, 0.25) is 0 Å². The van der Waals surface area contributed by atoms with E-state index in [1.807, 2.05) is 12.1 Å². The Morgan fingerprint density at radius 1 is 0.963 bits per heavy atom. The van der Waals surface area contributed by atoms with Crippen molar-refractivity contribution in [2.75, 3.05) is 31.6 Å². The van der Waals surface area contributed by atoms with Crippen LogP contribution in [0.3, 0.4) is 0 Å². The number of hydrogen-bond acceptors (Lipinski definition) is 4. The van der Waals surface area contributed by atoms with Crippen molar-refractivity contribution < 1.29 is 14.3 Å². The first kappa shape index (κ1) is 18.9. The van der Waals surface area contributed by atoms with Crippen molar-refractivity contribution in [3.63, 3.8) is 0 Å². The van der Waals surface area contributed by atoms with Crippen LogP contribution in [-0.2, 0) is 17.8 Å². The number of nitrogens with one attached hydrogen (secondary N) is 2. The summed E-state index contributed by atoms with van der Waals surface area (Å²) in [4.78, 5) is 25.4. The fourth-order valence-electron chi connectivity index (χ4n) is 2.91. The smallest absolute Gasteiger partial charge is 0.316 e.